The van der Waals surface area contributed by atoms with E-state index in [4.69, 9.17) is 0 Å². The fraction of sp³-hybridized carbons (Fsp3) is 0.0400. The van der Waals surface area contributed by atoms with E-state index in [2.05, 4.69) is 12.1 Å². The predicted octanol–water partition coefficient (Wildman–Crippen LogP) is 6.70. The lowest BCUT2D eigenvalue weighted by Gasteiger charge is -2.31. The lowest BCUT2D eigenvalue weighted by molar-refractivity contribution is -0.114. The van der Waals surface area contributed by atoms with Crippen LogP contribution in [-0.4, -0.2) is 12.2 Å². The zero-order valence-electron chi connectivity index (χ0n) is 16.3. The Morgan fingerprint density at radius 3 is 2.50 bits per heavy atom. The van der Waals surface area contributed by atoms with Gasteiger partial charge in [0.2, 0.25) is 0 Å². The summed E-state index contributed by atoms with van der Waals surface area (Å²) in [5.41, 5.74) is 2.70. The molecule has 1 heterocycles. The summed E-state index contributed by atoms with van der Waals surface area (Å²) in [5, 5.41) is 9.71. The maximum absolute atomic E-state index is 13.5. The third-order valence-electron chi connectivity index (χ3n) is 4.64. The molecule has 3 aromatic carbocycles. The van der Waals surface area contributed by atoms with Crippen molar-refractivity contribution in [1.82, 2.24) is 0 Å². The summed E-state index contributed by atoms with van der Waals surface area (Å²) in [5.74, 6) is -0.331. The molecular weight excluding hydrogens is 408 g/mol. The lowest BCUT2D eigenvalue weighted by Crippen LogP contribution is -2.29. The van der Waals surface area contributed by atoms with E-state index in [1.807, 2.05) is 79.1 Å². The first kappa shape index (κ1) is 20.1. The molecule has 0 spiro atoms. The summed E-state index contributed by atoms with van der Waals surface area (Å²) in [4.78, 5) is 18.2. The van der Waals surface area contributed by atoms with Crippen LogP contribution in [0.4, 0.5) is 11.4 Å². The van der Waals surface area contributed by atoms with Crippen LogP contribution in [0.15, 0.2) is 105 Å². The molecule has 0 saturated carbocycles. The molecule has 0 aliphatic carbocycles. The first-order chi connectivity index (χ1) is 14.7. The fourth-order valence-corrected chi connectivity index (χ4v) is 4.65. The standard InChI is InChI=1S/C25H18N2OS2/c1-29-20-14-15-24-22(16-20)27(21-12-5-6-13-23(21)30-24)25(28)19(17-26)11-7-10-18-8-3-2-4-9-18/h2-16H,1H3/b10-7+,19-11+. The van der Waals surface area contributed by atoms with E-state index in [1.54, 1.807) is 40.6 Å². The Morgan fingerprint density at radius 2 is 1.73 bits per heavy atom. The van der Waals surface area contributed by atoms with Crippen molar-refractivity contribution in [2.45, 2.75) is 14.7 Å². The minimum Gasteiger partial charge on any atom is -0.274 e. The summed E-state index contributed by atoms with van der Waals surface area (Å²) < 4.78 is 0. The van der Waals surface area contributed by atoms with E-state index < -0.39 is 0 Å². The molecule has 1 amide bonds. The lowest BCUT2D eigenvalue weighted by atomic mass is 10.1. The minimum absolute atomic E-state index is 0.0874. The molecular formula is C25H18N2OS2. The van der Waals surface area contributed by atoms with Crippen molar-refractivity contribution in [2.75, 3.05) is 11.2 Å². The highest BCUT2D eigenvalue weighted by atomic mass is 32.2. The molecule has 5 heteroatoms. The predicted molar refractivity (Wildman–Crippen MR) is 125 cm³/mol. The van der Waals surface area contributed by atoms with Crippen LogP contribution in [0.1, 0.15) is 5.56 Å². The molecule has 3 aromatic rings. The van der Waals surface area contributed by atoms with E-state index in [1.165, 1.54) is 0 Å². The highest BCUT2D eigenvalue weighted by Crippen LogP contribution is 2.49. The van der Waals surface area contributed by atoms with E-state index in [9.17, 15) is 10.1 Å². The molecule has 0 atom stereocenters. The molecule has 0 bridgehead atoms. The van der Waals surface area contributed by atoms with E-state index in [-0.39, 0.29) is 11.5 Å². The van der Waals surface area contributed by atoms with Crippen LogP contribution >= 0.6 is 23.5 Å². The number of carbonyl (C=O) groups is 1. The number of thioether (sulfide) groups is 1. The number of carbonyl (C=O) groups excluding carboxylic acids is 1. The van der Waals surface area contributed by atoms with Crippen molar-refractivity contribution in [1.29, 1.82) is 5.26 Å². The van der Waals surface area contributed by atoms with Crippen molar-refractivity contribution in [3.8, 4) is 6.07 Å². The number of allylic oxidation sites excluding steroid dienone is 2. The van der Waals surface area contributed by atoms with Gasteiger partial charge in [-0.1, -0.05) is 66.4 Å². The Morgan fingerprint density at radius 1 is 1.00 bits per heavy atom. The molecule has 3 nitrogen and oxygen atoms in total. The molecule has 0 fully saturated rings. The normalized spacial score (nSPS) is 12.9. The average Bonchev–Trinajstić information content (AvgIpc) is 2.80. The first-order valence-electron chi connectivity index (χ1n) is 9.34. The van der Waals surface area contributed by atoms with E-state index in [0.29, 0.717) is 0 Å². The maximum atomic E-state index is 13.5. The number of nitrogens with zero attached hydrogens (tertiary/aromatic N) is 2. The fourth-order valence-electron chi connectivity index (χ4n) is 3.18. The van der Waals surface area contributed by atoms with Gasteiger partial charge in [0, 0.05) is 14.7 Å². The minimum atomic E-state index is -0.331. The monoisotopic (exact) mass is 426 g/mol. The SMILES string of the molecule is CSc1ccc2c(c1)N(C(=O)/C(C#N)=C/C=C/c1ccccc1)c1ccccc1S2. The van der Waals surface area contributed by atoms with Crippen LogP contribution in [0.25, 0.3) is 6.08 Å². The van der Waals surface area contributed by atoms with E-state index in [0.717, 1.165) is 31.6 Å². The van der Waals surface area contributed by atoms with Gasteiger partial charge in [-0.15, -0.1) is 11.8 Å². The van der Waals surface area contributed by atoms with Gasteiger partial charge in [-0.05, 0) is 48.2 Å². The second-order valence-corrected chi connectivity index (χ2v) is 8.47. The Bertz CT molecular complexity index is 1190. The molecule has 1 aliphatic heterocycles. The molecule has 0 N–H and O–H groups in total. The van der Waals surface area contributed by atoms with E-state index >= 15 is 0 Å². The zero-order chi connectivity index (χ0) is 20.9. The van der Waals surface area contributed by atoms with Gasteiger partial charge >= 0.3 is 0 Å². The topological polar surface area (TPSA) is 44.1 Å². The number of fused-ring (bicyclic) bond motifs is 2. The maximum Gasteiger partial charge on any atom is 0.273 e. The summed E-state index contributed by atoms with van der Waals surface area (Å²) in [7, 11) is 0. The Kier molecular flexibility index (Phi) is 6.08. The van der Waals surface area contributed by atoms with Crippen molar-refractivity contribution >= 4 is 46.9 Å². The Balaban J connectivity index is 1.75. The van der Waals surface area contributed by atoms with Crippen LogP contribution in [-0.2, 0) is 4.79 Å². The van der Waals surface area contributed by atoms with Crippen LogP contribution in [0.2, 0.25) is 0 Å². The molecule has 0 unspecified atom stereocenters. The van der Waals surface area contributed by atoms with Crippen molar-refractivity contribution in [2.24, 2.45) is 0 Å². The summed E-state index contributed by atoms with van der Waals surface area (Å²) in [6.45, 7) is 0. The number of rotatable bonds is 4. The second kappa shape index (κ2) is 9.08. The van der Waals surface area contributed by atoms with Gasteiger partial charge in [0.25, 0.3) is 5.91 Å². The molecule has 146 valence electrons. The number of para-hydroxylation sites is 1. The quantitative estimate of drug-likeness (QED) is 0.201. The van der Waals surface area contributed by atoms with Gasteiger partial charge in [-0.3, -0.25) is 9.69 Å². The van der Waals surface area contributed by atoms with Gasteiger partial charge < -0.3 is 0 Å². The first-order valence-corrected chi connectivity index (χ1v) is 11.4. The second-order valence-electron chi connectivity index (χ2n) is 6.51. The van der Waals surface area contributed by atoms with Gasteiger partial charge in [0.05, 0.1) is 11.4 Å². The van der Waals surface area contributed by atoms with Crippen LogP contribution in [0.3, 0.4) is 0 Å². The largest absolute Gasteiger partial charge is 0.274 e. The number of hydrogen-bond acceptors (Lipinski definition) is 4. The number of benzene rings is 3. The van der Waals surface area contributed by atoms with Gasteiger partial charge in [0.15, 0.2) is 0 Å². The summed E-state index contributed by atoms with van der Waals surface area (Å²) in [6, 6.07) is 25.7. The van der Waals surface area contributed by atoms with Crippen LogP contribution < -0.4 is 4.90 Å². The smallest absolute Gasteiger partial charge is 0.273 e. The molecule has 0 aromatic heterocycles. The molecule has 1 aliphatic rings. The summed E-state index contributed by atoms with van der Waals surface area (Å²) in [6.07, 6.45) is 7.21. The highest BCUT2D eigenvalue weighted by Gasteiger charge is 2.30. The van der Waals surface area contributed by atoms with Crippen molar-refractivity contribution < 1.29 is 4.79 Å². The Labute approximate surface area is 184 Å². The highest BCUT2D eigenvalue weighted by molar-refractivity contribution is 8.00. The summed E-state index contributed by atoms with van der Waals surface area (Å²) >= 11 is 3.26. The van der Waals surface area contributed by atoms with Crippen molar-refractivity contribution in [3.63, 3.8) is 0 Å². The number of anilines is 2. The number of hydrogen-bond donors (Lipinski definition) is 0. The number of amides is 1. The average molecular weight is 427 g/mol. The molecule has 4 rings (SSSR count). The Hall–Kier alpha value is -3.20. The van der Waals surface area contributed by atoms with Crippen molar-refractivity contribution in [3.05, 3.63) is 96.1 Å². The third kappa shape index (κ3) is 4.06. The molecule has 0 saturated heterocycles. The van der Waals surface area contributed by atoms with Gasteiger partial charge in [0.1, 0.15) is 11.6 Å². The zero-order valence-corrected chi connectivity index (χ0v) is 17.9. The van der Waals surface area contributed by atoms with Crippen LogP contribution in [0, 0.1) is 11.3 Å². The van der Waals surface area contributed by atoms with Crippen LogP contribution in [0.5, 0.6) is 0 Å². The van der Waals surface area contributed by atoms with Gasteiger partial charge in [-0.25, -0.2) is 0 Å². The van der Waals surface area contributed by atoms with Gasteiger partial charge in [-0.2, -0.15) is 5.26 Å². The molecule has 0 radical (unpaired) electrons. The third-order valence-corrected chi connectivity index (χ3v) is 6.49. The molecule has 30 heavy (non-hydrogen) atoms. The number of nitriles is 1.